The maximum Gasteiger partial charge on any atom is 0.311 e. The van der Waals surface area contributed by atoms with Crippen LogP contribution in [0.5, 0.6) is 0 Å². The summed E-state index contributed by atoms with van der Waals surface area (Å²) in [5.74, 6) is -4.09. The minimum Gasteiger partial charge on any atom is -0.287 e. The largest absolute Gasteiger partial charge is 0.311 e. The Bertz CT molecular complexity index is 237. The Hall–Kier alpha value is -0.330. The zero-order valence-corrected chi connectivity index (χ0v) is 10.2. The summed E-state index contributed by atoms with van der Waals surface area (Å²) in [6, 6.07) is 0. The van der Waals surface area contributed by atoms with Gasteiger partial charge in [-0.3, -0.25) is 4.79 Å². The topological polar surface area (TPSA) is 17.1 Å². The summed E-state index contributed by atoms with van der Waals surface area (Å²) in [7, 11) is 0. The van der Waals surface area contributed by atoms with E-state index in [0.29, 0.717) is 6.42 Å². The molecule has 0 N–H and O–H groups in total. The molecule has 0 aliphatic heterocycles. The number of thioether (sulfide) groups is 1. The van der Waals surface area contributed by atoms with Crippen molar-refractivity contribution in [1.29, 1.82) is 0 Å². The molecule has 0 aromatic rings. The smallest absolute Gasteiger partial charge is 0.287 e. The van der Waals surface area contributed by atoms with E-state index in [2.05, 4.69) is 0 Å². The van der Waals surface area contributed by atoms with Gasteiger partial charge < -0.3 is 0 Å². The highest BCUT2D eigenvalue weighted by Gasteiger charge is 2.48. The molecule has 0 aliphatic carbocycles. The van der Waals surface area contributed by atoms with Gasteiger partial charge in [0.2, 0.25) is 0 Å². The first-order valence-electron chi connectivity index (χ1n) is 5.23. The van der Waals surface area contributed by atoms with Gasteiger partial charge in [0.05, 0.1) is 0 Å². The van der Waals surface area contributed by atoms with Crippen LogP contribution in [-0.4, -0.2) is 35.8 Å². The van der Waals surface area contributed by atoms with Gasteiger partial charge in [0.1, 0.15) is 6.67 Å². The molecule has 0 saturated carbocycles. The highest BCUT2D eigenvalue weighted by atomic mass is 32.2. The van der Waals surface area contributed by atoms with Crippen LogP contribution < -0.4 is 0 Å². The third-order valence-corrected chi connectivity index (χ3v) is 3.23. The molecule has 0 saturated heterocycles. The maximum absolute atomic E-state index is 13.0. The van der Waals surface area contributed by atoms with Crippen LogP contribution in [0, 0.1) is 0 Å². The minimum atomic E-state index is -4.30. The molecule has 0 aromatic heterocycles. The van der Waals surface area contributed by atoms with Crippen molar-refractivity contribution in [3.63, 3.8) is 0 Å². The minimum absolute atomic E-state index is 0.0200. The summed E-state index contributed by atoms with van der Waals surface area (Å²) in [6.45, 7) is -0.257. The number of hydrogen-bond acceptors (Lipinski definition) is 2. The number of carbonyl (C=O) groups excluding carboxylic acids is 1. The summed E-state index contributed by atoms with van der Waals surface area (Å²) in [5, 5.41) is -0.112. The van der Waals surface area contributed by atoms with Crippen LogP contribution in [0.15, 0.2) is 0 Å². The Kier molecular flexibility index (Phi) is 7.74. The lowest BCUT2D eigenvalue weighted by molar-refractivity contribution is -0.133. The molecule has 1 nitrogen and oxygen atoms in total. The molecule has 0 aromatic carbocycles. The lowest BCUT2D eigenvalue weighted by Gasteiger charge is -2.22. The van der Waals surface area contributed by atoms with Gasteiger partial charge in [0.25, 0.3) is 0 Å². The fourth-order valence-corrected chi connectivity index (χ4v) is 1.78. The number of halogens is 5. The summed E-state index contributed by atoms with van der Waals surface area (Å²) in [6.07, 6.45) is -6.08. The number of hydrogen-bond donors (Lipinski definition) is 0. The molecule has 0 heterocycles. The molecule has 0 bridgehead atoms. The van der Waals surface area contributed by atoms with Gasteiger partial charge in [-0.05, 0) is 12.8 Å². The van der Waals surface area contributed by atoms with Gasteiger partial charge in [-0.1, -0.05) is 18.7 Å². The van der Waals surface area contributed by atoms with E-state index in [1.165, 1.54) is 0 Å². The highest BCUT2D eigenvalue weighted by molar-refractivity contribution is 8.13. The van der Waals surface area contributed by atoms with Crippen molar-refractivity contribution in [1.82, 2.24) is 0 Å². The molecular formula is C10H15F5OS. The summed E-state index contributed by atoms with van der Waals surface area (Å²) in [4.78, 5) is 10.8. The average Bonchev–Trinajstić information content (AvgIpc) is 2.32. The first kappa shape index (κ1) is 16.7. The predicted molar refractivity (Wildman–Crippen MR) is 57.7 cm³/mol. The van der Waals surface area contributed by atoms with Gasteiger partial charge in [-0.2, -0.15) is 0 Å². The van der Waals surface area contributed by atoms with E-state index in [9.17, 15) is 26.7 Å². The Morgan fingerprint density at radius 1 is 1.29 bits per heavy atom. The second-order valence-corrected chi connectivity index (χ2v) is 4.63. The molecule has 7 heteroatoms. The molecule has 0 rings (SSSR count). The molecule has 2 unspecified atom stereocenters. The van der Waals surface area contributed by atoms with E-state index >= 15 is 0 Å². The third-order valence-electron chi connectivity index (χ3n) is 2.12. The number of carbonyl (C=O) groups is 1. The molecule has 0 radical (unpaired) electrons. The quantitative estimate of drug-likeness (QED) is 0.497. The van der Waals surface area contributed by atoms with E-state index in [1.807, 2.05) is 0 Å². The van der Waals surface area contributed by atoms with Crippen molar-refractivity contribution in [3.8, 4) is 0 Å². The van der Waals surface area contributed by atoms with Crippen molar-refractivity contribution < 1.29 is 26.7 Å². The van der Waals surface area contributed by atoms with Crippen molar-refractivity contribution in [2.45, 2.75) is 44.5 Å². The molecule has 0 fully saturated rings. The highest BCUT2D eigenvalue weighted by Crippen LogP contribution is 2.31. The molecule has 0 amide bonds. The third kappa shape index (κ3) is 5.70. The lowest BCUT2D eigenvalue weighted by atomic mass is 10.1. The van der Waals surface area contributed by atoms with E-state index in [-0.39, 0.29) is 17.3 Å². The number of alkyl halides is 5. The average molecular weight is 278 g/mol. The van der Waals surface area contributed by atoms with Gasteiger partial charge in [-0.15, -0.1) is 0 Å². The monoisotopic (exact) mass is 278 g/mol. The Labute approximate surface area is 101 Å². The molecule has 0 spiro atoms. The van der Waals surface area contributed by atoms with Crippen LogP contribution in [-0.2, 0) is 4.79 Å². The van der Waals surface area contributed by atoms with Gasteiger partial charge in [-0.25, -0.2) is 22.0 Å². The normalized spacial score (nSPS) is 15.6. The van der Waals surface area contributed by atoms with E-state index in [0.717, 1.165) is 11.8 Å². The summed E-state index contributed by atoms with van der Waals surface area (Å²) < 4.78 is 62.7. The Morgan fingerprint density at radius 2 is 1.88 bits per heavy atom. The van der Waals surface area contributed by atoms with E-state index in [1.54, 1.807) is 6.92 Å². The van der Waals surface area contributed by atoms with Gasteiger partial charge in [0.15, 0.2) is 17.5 Å². The first-order chi connectivity index (χ1) is 7.86. The van der Waals surface area contributed by atoms with Crippen molar-refractivity contribution in [2.24, 2.45) is 0 Å². The fourth-order valence-electron chi connectivity index (χ4n) is 1.04. The molecule has 2 atom stereocenters. The zero-order valence-electron chi connectivity index (χ0n) is 9.40. The van der Waals surface area contributed by atoms with Crippen molar-refractivity contribution in [3.05, 3.63) is 0 Å². The first-order valence-corrected chi connectivity index (χ1v) is 6.22. The maximum atomic E-state index is 13.0. The van der Waals surface area contributed by atoms with E-state index in [4.69, 9.17) is 0 Å². The lowest BCUT2D eigenvalue weighted by Crippen LogP contribution is -2.41. The van der Waals surface area contributed by atoms with Crippen LogP contribution in [0.4, 0.5) is 22.0 Å². The van der Waals surface area contributed by atoms with Crippen LogP contribution in [0.3, 0.4) is 0 Å². The summed E-state index contributed by atoms with van der Waals surface area (Å²) >= 11 is 0.925. The van der Waals surface area contributed by atoms with Gasteiger partial charge >= 0.3 is 5.92 Å². The van der Waals surface area contributed by atoms with Crippen molar-refractivity contribution >= 4 is 16.9 Å². The Morgan fingerprint density at radius 3 is 2.35 bits per heavy atom. The van der Waals surface area contributed by atoms with Crippen LogP contribution in [0.1, 0.15) is 26.2 Å². The van der Waals surface area contributed by atoms with Crippen LogP contribution in [0.25, 0.3) is 0 Å². The fraction of sp³-hybridized carbons (Fsp3) is 0.900. The summed E-state index contributed by atoms with van der Waals surface area (Å²) in [5.41, 5.74) is 0. The zero-order chi connectivity index (χ0) is 13.5. The molecular weight excluding hydrogens is 263 g/mol. The molecule has 102 valence electrons. The van der Waals surface area contributed by atoms with Crippen LogP contribution >= 0.6 is 11.8 Å². The number of rotatable bonds is 8. The Balaban J connectivity index is 3.93. The van der Waals surface area contributed by atoms with Crippen LogP contribution in [0.2, 0.25) is 0 Å². The second-order valence-electron chi connectivity index (χ2n) is 3.48. The van der Waals surface area contributed by atoms with Gasteiger partial charge in [0, 0.05) is 12.2 Å². The molecule has 0 aliphatic rings. The predicted octanol–water partition coefficient (Wildman–Crippen LogP) is 3.72. The second kappa shape index (κ2) is 7.89. The SMILES string of the molecule is CCC(=O)SCCCC(F)C(F)(F)C(F)CF. The van der Waals surface area contributed by atoms with Crippen molar-refractivity contribution in [2.75, 3.05) is 12.4 Å². The van der Waals surface area contributed by atoms with E-state index < -0.39 is 31.4 Å². The standard InChI is InChI=1S/C10H15F5OS/c1-2-9(16)17-5-3-4-7(12)10(14,15)8(13)6-11/h7-8H,2-6H2,1H3. The molecule has 17 heavy (non-hydrogen) atoms.